The molecule has 1 fully saturated rings. The van der Waals surface area contributed by atoms with Crippen LogP contribution in [0.1, 0.15) is 11.5 Å². The average Bonchev–Trinajstić information content (AvgIpc) is 2.53. The van der Waals surface area contributed by atoms with Crippen molar-refractivity contribution >= 4 is 11.6 Å². The molecule has 0 unspecified atom stereocenters. The second-order valence-electron chi connectivity index (χ2n) is 3.38. The lowest BCUT2D eigenvalue weighted by Gasteiger charge is -2.13. The number of halogens is 1. The van der Waals surface area contributed by atoms with Crippen LogP contribution in [0.25, 0.3) is 0 Å². The lowest BCUT2D eigenvalue weighted by Crippen LogP contribution is -2.15. The standard InChI is InChI=1S/C10H12ClNO/c11-8-3-1-7(2-4-8)9-5-12-6-10(9)13/h1-4,9-10,12-13H,5-6H2/t9-,10+/m0/s1. The van der Waals surface area contributed by atoms with Crippen molar-refractivity contribution in [2.45, 2.75) is 12.0 Å². The highest BCUT2D eigenvalue weighted by Crippen LogP contribution is 2.23. The first-order chi connectivity index (χ1) is 6.27. The second kappa shape index (κ2) is 3.66. The summed E-state index contributed by atoms with van der Waals surface area (Å²) in [6.45, 7) is 1.54. The van der Waals surface area contributed by atoms with Crippen molar-refractivity contribution in [1.82, 2.24) is 5.32 Å². The molecule has 0 amide bonds. The molecule has 3 heteroatoms. The van der Waals surface area contributed by atoms with Crippen LogP contribution in [-0.2, 0) is 0 Å². The molecule has 2 rings (SSSR count). The van der Waals surface area contributed by atoms with E-state index in [1.165, 1.54) is 0 Å². The van der Waals surface area contributed by atoms with Crippen LogP contribution in [0.4, 0.5) is 0 Å². The quantitative estimate of drug-likeness (QED) is 0.713. The van der Waals surface area contributed by atoms with E-state index in [1.807, 2.05) is 24.3 Å². The third-order valence-corrected chi connectivity index (χ3v) is 2.73. The maximum atomic E-state index is 9.62. The molecule has 1 aliphatic rings. The molecule has 2 atom stereocenters. The minimum Gasteiger partial charge on any atom is -0.391 e. The van der Waals surface area contributed by atoms with Crippen molar-refractivity contribution in [2.75, 3.05) is 13.1 Å². The van der Waals surface area contributed by atoms with E-state index < -0.39 is 0 Å². The zero-order valence-corrected chi connectivity index (χ0v) is 7.96. The van der Waals surface area contributed by atoms with E-state index in [4.69, 9.17) is 11.6 Å². The summed E-state index contributed by atoms with van der Waals surface area (Å²) in [5.41, 5.74) is 1.15. The van der Waals surface area contributed by atoms with Gasteiger partial charge in [0.1, 0.15) is 0 Å². The van der Waals surface area contributed by atoms with E-state index in [0.717, 1.165) is 17.1 Å². The summed E-state index contributed by atoms with van der Waals surface area (Å²) < 4.78 is 0. The highest BCUT2D eigenvalue weighted by molar-refractivity contribution is 6.30. The van der Waals surface area contributed by atoms with Crippen LogP contribution < -0.4 is 5.32 Å². The summed E-state index contributed by atoms with van der Waals surface area (Å²) in [7, 11) is 0. The molecule has 2 N–H and O–H groups in total. The third-order valence-electron chi connectivity index (χ3n) is 2.48. The van der Waals surface area contributed by atoms with Gasteiger partial charge in [-0.25, -0.2) is 0 Å². The van der Waals surface area contributed by atoms with Crippen molar-refractivity contribution < 1.29 is 5.11 Å². The Balaban J connectivity index is 2.20. The maximum absolute atomic E-state index is 9.62. The van der Waals surface area contributed by atoms with Crippen LogP contribution in [0.3, 0.4) is 0 Å². The van der Waals surface area contributed by atoms with Crippen molar-refractivity contribution in [3.05, 3.63) is 34.9 Å². The number of nitrogens with one attached hydrogen (secondary N) is 1. The number of rotatable bonds is 1. The highest BCUT2D eigenvalue weighted by atomic mass is 35.5. The van der Waals surface area contributed by atoms with Gasteiger partial charge in [-0.05, 0) is 17.7 Å². The Kier molecular flexibility index (Phi) is 2.54. The van der Waals surface area contributed by atoms with Crippen LogP contribution in [0.15, 0.2) is 24.3 Å². The topological polar surface area (TPSA) is 32.3 Å². The Hall–Kier alpha value is -0.570. The molecule has 0 bridgehead atoms. The zero-order chi connectivity index (χ0) is 9.26. The second-order valence-corrected chi connectivity index (χ2v) is 3.82. The number of aliphatic hydroxyl groups excluding tert-OH is 1. The van der Waals surface area contributed by atoms with Crippen LogP contribution in [0.2, 0.25) is 5.02 Å². The largest absolute Gasteiger partial charge is 0.391 e. The Labute approximate surface area is 82.5 Å². The van der Waals surface area contributed by atoms with Gasteiger partial charge in [-0.2, -0.15) is 0 Å². The Bertz CT molecular complexity index is 285. The molecule has 1 heterocycles. The van der Waals surface area contributed by atoms with E-state index >= 15 is 0 Å². The normalized spacial score (nSPS) is 27.8. The number of aliphatic hydroxyl groups is 1. The van der Waals surface area contributed by atoms with E-state index in [2.05, 4.69) is 5.32 Å². The molecule has 1 aromatic carbocycles. The van der Waals surface area contributed by atoms with E-state index in [-0.39, 0.29) is 12.0 Å². The van der Waals surface area contributed by atoms with Gasteiger partial charge in [-0.1, -0.05) is 23.7 Å². The van der Waals surface area contributed by atoms with Gasteiger partial charge in [0.2, 0.25) is 0 Å². The molecule has 1 aliphatic heterocycles. The van der Waals surface area contributed by atoms with E-state index in [9.17, 15) is 5.11 Å². The fourth-order valence-corrected chi connectivity index (χ4v) is 1.84. The van der Waals surface area contributed by atoms with Gasteiger partial charge in [0, 0.05) is 24.0 Å². The minimum absolute atomic E-state index is 0.220. The summed E-state index contributed by atoms with van der Waals surface area (Å²) in [5, 5.41) is 13.5. The van der Waals surface area contributed by atoms with Crippen molar-refractivity contribution in [1.29, 1.82) is 0 Å². The van der Waals surface area contributed by atoms with Crippen molar-refractivity contribution in [2.24, 2.45) is 0 Å². The Morgan fingerprint density at radius 1 is 1.23 bits per heavy atom. The molecule has 1 saturated heterocycles. The summed E-state index contributed by atoms with van der Waals surface area (Å²) in [6, 6.07) is 7.68. The van der Waals surface area contributed by atoms with Gasteiger partial charge in [0.25, 0.3) is 0 Å². The van der Waals surface area contributed by atoms with Crippen LogP contribution in [-0.4, -0.2) is 24.3 Å². The van der Waals surface area contributed by atoms with Gasteiger partial charge in [-0.3, -0.25) is 0 Å². The molecular formula is C10H12ClNO. The molecule has 0 spiro atoms. The Morgan fingerprint density at radius 2 is 1.92 bits per heavy atom. The van der Waals surface area contributed by atoms with Gasteiger partial charge in [0.15, 0.2) is 0 Å². The first-order valence-electron chi connectivity index (χ1n) is 4.41. The first-order valence-corrected chi connectivity index (χ1v) is 4.79. The molecule has 0 aliphatic carbocycles. The summed E-state index contributed by atoms with van der Waals surface area (Å²) in [4.78, 5) is 0. The summed E-state index contributed by atoms with van der Waals surface area (Å²) in [5.74, 6) is 0.220. The predicted molar refractivity (Wildman–Crippen MR) is 53.1 cm³/mol. The summed E-state index contributed by atoms with van der Waals surface area (Å²) >= 11 is 5.78. The van der Waals surface area contributed by atoms with Gasteiger partial charge < -0.3 is 10.4 Å². The number of benzene rings is 1. The SMILES string of the molecule is O[C@@H]1CNC[C@H]1c1ccc(Cl)cc1. The molecule has 0 aromatic heterocycles. The van der Waals surface area contributed by atoms with Gasteiger partial charge in [0.05, 0.1) is 6.10 Å². The lowest BCUT2D eigenvalue weighted by molar-refractivity contribution is 0.178. The number of β-amino-alcohol motifs (C(OH)–C–C–N with tert-alkyl or cyclic N) is 1. The van der Waals surface area contributed by atoms with Gasteiger partial charge in [-0.15, -0.1) is 0 Å². The number of hydrogen-bond donors (Lipinski definition) is 2. The third kappa shape index (κ3) is 1.85. The maximum Gasteiger partial charge on any atom is 0.0745 e. The average molecular weight is 198 g/mol. The Morgan fingerprint density at radius 3 is 2.46 bits per heavy atom. The van der Waals surface area contributed by atoms with Crippen molar-refractivity contribution in [3.8, 4) is 0 Å². The van der Waals surface area contributed by atoms with Crippen LogP contribution in [0.5, 0.6) is 0 Å². The van der Waals surface area contributed by atoms with E-state index in [1.54, 1.807) is 0 Å². The molecule has 0 radical (unpaired) electrons. The smallest absolute Gasteiger partial charge is 0.0745 e. The zero-order valence-electron chi connectivity index (χ0n) is 7.20. The molecule has 70 valence electrons. The highest BCUT2D eigenvalue weighted by Gasteiger charge is 2.25. The fraction of sp³-hybridized carbons (Fsp3) is 0.400. The predicted octanol–water partition coefficient (Wildman–Crippen LogP) is 1.39. The van der Waals surface area contributed by atoms with Crippen LogP contribution in [0, 0.1) is 0 Å². The first kappa shape index (κ1) is 9.00. The monoisotopic (exact) mass is 197 g/mol. The molecule has 0 saturated carbocycles. The fourth-order valence-electron chi connectivity index (χ4n) is 1.71. The molecule has 2 nitrogen and oxygen atoms in total. The van der Waals surface area contributed by atoms with E-state index in [0.29, 0.717) is 6.54 Å². The number of hydrogen-bond acceptors (Lipinski definition) is 2. The summed E-state index contributed by atoms with van der Waals surface area (Å²) in [6.07, 6.45) is -0.263. The van der Waals surface area contributed by atoms with Crippen molar-refractivity contribution in [3.63, 3.8) is 0 Å². The van der Waals surface area contributed by atoms with Gasteiger partial charge >= 0.3 is 0 Å². The van der Waals surface area contributed by atoms with Crippen LogP contribution >= 0.6 is 11.6 Å². The molecule has 13 heavy (non-hydrogen) atoms. The minimum atomic E-state index is -0.263. The lowest BCUT2D eigenvalue weighted by atomic mass is 9.96. The molecular weight excluding hydrogens is 186 g/mol. The molecule has 1 aromatic rings.